The summed E-state index contributed by atoms with van der Waals surface area (Å²) in [6, 6.07) is -3.31. The van der Waals surface area contributed by atoms with Gasteiger partial charge in [-0.2, -0.15) is 0 Å². The number of ether oxygens (including phenoxy) is 6. The molecule has 23 heteroatoms. The molecule has 9 N–H and O–H groups in total. The van der Waals surface area contributed by atoms with Gasteiger partial charge in [-0.05, 0) is 44.9 Å². The Balaban J connectivity index is 2.52. The summed E-state index contributed by atoms with van der Waals surface area (Å²) < 4.78 is 54.8. The molecule has 0 radical (unpaired) electrons. The molecule has 2 saturated heterocycles. The van der Waals surface area contributed by atoms with Crippen LogP contribution >= 0.6 is 7.82 Å². The molecule has 22 nitrogen and oxygen atoms in total. The zero-order chi connectivity index (χ0) is 77.0. The van der Waals surface area contributed by atoms with E-state index in [0.29, 0.717) is 51.4 Å². The van der Waals surface area contributed by atoms with E-state index in [1.807, 2.05) is 0 Å². The van der Waals surface area contributed by atoms with Crippen molar-refractivity contribution in [2.45, 2.75) is 480 Å². The van der Waals surface area contributed by atoms with Crippen molar-refractivity contribution in [2.75, 3.05) is 13.2 Å². The van der Waals surface area contributed by atoms with Crippen LogP contribution in [0, 0.1) is 0 Å². The smallest absolute Gasteiger partial charge is 0.462 e. The Morgan fingerprint density at radius 3 is 1.12 bits per heavy atom. The number of unbranched alkanes of at least 4 members (excludes halogenated alkanes) is 44. The number of carbonyl (C=O) groups excluding carboxylic acids is 5. The zero-order valence-electron chi connectivity index (χ0n) is 66.6. The predicted octanol–water partition coefficient (Wildman–Crippen LogP) is 17.0. The lowest BCUT2D eigenvalue weighted by Crippen LogP contribution is -2.67. The Morgan fingerprint density at radius 1 is 0.400 bits per heavy atom. The highest BCUT2D eigenvalue weighted by Gasteiger charge is 2.53. The first-order valence-electron chi connectivity index (χ1n) is 43.0. The number of hydrogen-bond donors (Lipinski definition) is 9. The van der Waals surface area contributed by atoms with Crippen molar-refractivity contribution in [1.82, 2.24) is 10.6 Å². The van der Waals surface area contributed by atoms with Crippen molar-refractivity contribution in [3.63, 3.8) is 0 Å². The maximum absolute atomic E-state index is 14.8. The van der Waals surface area contributed by atoms with E-state index in [0.717, 1.165) is 154 Å². The third-order valence-corrected chi connectivity index (χ3v) is 21.4. The van der Waals surface area contributed by atoms with Gasteiger partial charge >= 0.3 is 25.7 Å². The quantitative estimate of drug-likeness (QED) is 0.0118. The van der Waals surface area contributed by atoms with Gasteiger partial charge in [-0.3, -0.25) is 28.5 Å². The summed E-state index contributed by atoms with van der Waals surface area (Å²) in [5, 5.41) is 61.3. The third kappa shape index (κ3) is 50.6. The average molecular weight is 1520 g/mol. The first kappa shape index (κ1) is 98.2. The number of phosphoric acid groups is 1. The topological polar surface area (TPSA) is 333 Å². The fourth-order valence-electron chi connectivity index (χ4n) is 14.4. The van der Waals surface area contributed by atoms with Gasteiger partial charge in [0.05, 0.1) is 38.6 Å². The van der Waals surface area contributed by atoms with Gasteiger partial charge in [0.1, 0.15) is 54.8 Å². The Labute approximate surface area is 635 Å². The van der Waals surface area contributed by atoms with E-state index in [-0.39, 0.29) is 19.3 Å². The summed E-state index contributed by atoms with van der Waals surface area (Å²) in [6.07, 6.45) is 34.5. The second-order valence-electron chi connectivity index (χ2n) is 30.7. The molecule has 2 amide bonds. The summed E-state index contributed by atoms with van der Waals surface area (Å²) >= 11 is 0. The number of nitrogens with one attached hydrogen (secondary N) is 2. The fourth-order valence-corrected chi connectivity index (χ4v) is 15.0. The molecule has 2 fully saturated rings. The number of aliphatic hydroxyl groups is 5. The molecular formula is C82H155N2O20P. The number of aliphatic hydroxyl groups excluding tert-OH is 5. The van der Waals surface area contributed by atoms with Crippen LogP contribution in [0.15, 0.2) is 0 Å². The van der Waals surface area contributed by atoms with Crippen molar-refractivity contribution < 1.29 is 96.8 Å². The highest BCUT2D eigenvalue weighted by molar-refractivity contribution is 7.46. The molecule has 2 rings (SSSR count). The predicted molar refractivity (Wildman–Crippen MR) is 413 cm³/mol. The molecule has 4 unspecified atom stereocenters. The normalized spacial score (nSPS) is 21.4. The number of hydrogen-bond acceptors (Lipinski definition) is 18. The van der Waals surface area contributed by atoms with E-state index in [1.54, 1.807) is 0 Å². The lowest BCUT2D eigenvalue weighted by molar-refractivity contribution is -0.297. The van der Waals surface area contributed by atoms with E-state index in [4.69, 9.17) is 32.9 Å². The van der Waals surface area contributed by atoms with Crippen LogP contribution in [-0.4, -0.2) is 158 Å². The number of carbonyl (C=O) groups is 5. The lowest BCUT2D eigenvalue weighted by atomic mass is 9.95. The van der Waals surface area contributed by atoms with Crippen LogP contribution in [0.25, 0.3) is 0 Å². The first-order chi connectivity index (χ1) is 50.8. The molecule has 618 valence electrons. The van der Waals surface area contributed by atoms with Crippen LogP contribution in [0.2, 0.25) is 0 Å². The Morgan fingerprint density at radius 2 is 0.743 bits per heavy atom. The average Bonchev–Trinajstić information content (AvgIpc) is 0.781. The summed E-state index contributed by atoms with van der Waals surface area (Å²) in [5.74, 6) is -3.45. The number of amides is 2. The van der Waals surface area contributed by atoms with E-state index in [2.05, 4.69) is 45.3 Å². The SMILES string of the molecule is CCCCCCCCCCCCCC(=O)O[C@H](CCCCCCCCCCC)CC(=O)N[C@H]1C(OC(=O)C[C@H](CCCCCCCCCCC)OC(=O)CCCCCCCCCCCCC)[C@H](OP(=O)(O)O)C(CO)O[C@H]1OCC1O[C@H](O)[C@@H](NC(=O)C[C@H](O)CCCCCCCCCCC)C(O)[C@@H]1O. The number of phosphoric ester groups is 1. The molecule has 2 aliphatic heterocycles. The van der Waals surface area contributed by atoms with Gasteiger partial charge in [0.25, 0.3) is 0 Å². The molecule has 0 aromatic carbocycles. The summed E-state index contributed by atoms with van der Waals surface area (Å²) in [5.41, 5.74) is 0. The highest BCUT2D eigenvalue weighted by atomic mass is 31.2. The van der Waals surface area contributed by atoms with Crippen molar-refractivity contribution in [3.05, 3.63) is 0 Å². The minimum atomic E-state index is -5.56. The summed E-state index contributed by atoms with van der Waals surface area (Å²) in [7, 11) is -5.56. The molecule has 0 saturated carbocycles. The Bertz CT molecular complexity index is 2180. The van der Waals surface area contributed by atoms with Crippen LogP contribution in [0.3, 0.4) is 0 Å². The summed E-state index contributed by atoms with van der Waals surface area (Å²) in [4.78, 5) is 91.0. The molecule has 0 bridgehead atoms. The second-order valence-corrected chi connectivity index (χ2v) is 31.9. The molecule has 2 heterocycles. The third-order valence-electron chi connectivity index (χ3n) is 20.8. The fraction of sp³-hybridized carbons (Fsp3) is 0.939. The van der Waals surface area contributed by atoms with E-state index < -0.39 is 143 Å². The van der Waals surface area contributed by atoms with Crippen molar-refractivity contribution in [2.24, 2.45) is 0 Å². The molecule has 0 spiro atoms. The van der Waals surface area contributed by atoms with Crippen LogP contribution in [0.1, 0.15) is 401 Å². The minimum Gasteiger partial charge on any atom is -0.462 e. The molecular weight excluding hydrogens is 1360 g/mol. The van der Waals surface area contributed by atoms with Gasteiger partial charge in [-0.1, -0.05) is 324 Å². The van der Waals surface area contributed by atoms with E-state index >= 15 is 0 Å². The van der Waals surface area contributed by atoms with E-state index in [1.165, 1.54) is 128 Å². The largest absolute Gasteiger partial charge is 0.470 e. The highest BCUT2D eigenvalue weighted by Crippen LogP contribution is 2.43. The number of esters is 3. The van der Waals surface area contributed by atoms with Crippen LogP contribution < -0.4 is 10.6 Å². The van der Waals surface area contributed by atoms with Gasteiger partial charge in [0.2, 0.25) is 11.8 Å². The molecule has 105 heavy (non-hydrogen) atoms. The van der Waals surface area contributed by atoms with Gasteiger partial charge in [-0.15, -0.1) is 0 Å². The van der Waals surface area contributed by atoms with Crippen LogP contribution in [0.4, 0.5) is 0 Å². The lowest BCUT2D eigenvalue weighted by Gasteiger charge is -2.46. The van der Waals surface area contributed by atoms with Gasteiger partial charge in [0.15, 0.2) is 18.7 Å². The first-order valence-corrected chi connectivity index (χ1v) is 44.5. The van der Waals surface area contributed by atoms with Crippen LogP contribution in [-0.2, 0) is 61.5 Å². The van der Waals surface area contributed by atoms with Gasteiger partial charge < -0.3 is 74.4 Å². The van der Waals surface area contributed by atoms with Crippen LogP contribution in [0.5, 0.6) is 0 Å². The van der Waals surface area contributed by atoms with Crippen molar-refractivity contribution in [3.8, 4) is 0 Å². The number of rotatable bonds is 71. The Kier molecular flexibility index (Phi) is 60.6. The molecule has 0 aliphatic carbocycles. The van der Waals surface area contributed by atoms with Crippen molar-refractivity contribution in [1.29, 1.82) is 0 Å². The maximum atomic E-state index is 14.8. The molecule has 13 atom stereocenters. The van der Waals surface area contributed by atoms with Gasteiger partial charge in [0, 0.05) is 12.8 Å². The summed E-state index contributed by atoms with van der Waals surface area (Å²) in [6.45, 7) is 9.19. The Hall–Kier alpha value is -2.86. The standard InChI is InChI=1S/C82H155N2O20P/c1-6-11-16-21-26-31-33-38-43-48-53-58-72(89)99-66(56-51-46-41-36-29-24-19-14-9-4)61-71(88)84-76-80(103-74(91)62-67(57-52-47-42-37-30-25-20-15-10-5)100-73(90)59-54-49-44-39-34-32-27-22-17-12-7-2)79(104-105(95,96)97)68(63-85)102-82(76)98-64-69-77(92)78(93)75(81(94)101-69)83-70(87)60-65(86)55-50-45-40-35-28-23-18-13-8-3/h65-69,75-82,85-86,92-94H,6-64H2,1-5H3,(H,83,87)(H,84,88)(H2,95,96,97)/t65-,66-,67+,68?,69?,75+,76+,77-,78?,79-,80?,81+,82-/m1/s1. The monoisotopic (exact) mass is 1520 g/mol. The molecule has 2 aliphatic rings. The van der Waals surface area contributed by atoms with E-state index in [9.17, 15) is 63.9 Å². The minimum absolute atomic E-state index is 0.130. The second kappa shape index (κ2) is 64.8. The maximum Gasteiger partial charge on any atom is 0.470 e. The van der Waals surface area contributed by atoms with Crippen molar-refractivity contribution >= 4 is 37.5 Å². The molecule has 0 aromatic heterocycles. The zero-order valence-corrected chi connectivity index (χ0v) is 67.5. The molecule has 0 aromatic rings. The van der Waals surface area contributed by atoms with Gasteiger partial charge in [-0.25, -0.2) is 4.57 Å².